The molecule has 0 unspecified atom stereocenters. The van der Waals surface area contributed by atoms with Gasteiger partial charge in [-0.3, -0.25) is 9.78 Å². The Bertz CT molecular complexity index is 1190. The van der Waals surface area contributed by atoms with Crippen LogP contribution in [0.1, 0.15) is 40.6 Å². The zero-order chi connectivity index (χ0) is 21.0. The standard InChI is InChI=1S/C22H20N8O/c31-22(29-20-12-30(14-26-20)11-16-3-1-2-8-25-16)21-19(27-17-9-23-13-24-10-17)7-6-18(28-21)15-4-5-15/h1-3,6-10,12-15,27H,4-5,11H2,(H,29,31). The number of hydrogen-bond acceptors (Lipinski definition) is 7. The molecule has 154 valence electrons. The molecule has 1 aliphatic carbocycles. The maximum absolute atomic E-state index is 13.1. The number of nitrogens with zero attached hydrogens (tertiary/aromatic N) is 6. The van der Waals surface area contributed by atoms with Crippen molar-refractivity contribution >= 4 is 23.1 Å². The van der Waals surface area contributed by atoms with Crippen LogP contribution in [0.25, 0.3) is 0 Å². The maximum Gasteiger partial charge on any atom is 0.277 e. The molecular formula is C22H20N8O. The predicted octanol–water partition coefficient (Wildman–Crippen LogP) is 3.38. The molecule has 0 bridgehead atoms. The van der Waals surface area contributed by atoms with E-state index in [0.29, 0.717) is 35.3 Å². The topological polar surface area (TPSA) is 111 Å². The highest BCUT2D eigenvalue weighted by atomic mass is 16.2. The van der Waals surface area contributed by atoms with Crippen LogP contribution in [0.3, 0.4) is 0 Å². The molecule has 9 heteroatoms. The molecule has 0 spiro atoms. The number of amides is 1. The zero-order valence-corrected chi connectivity index (χ0v) is 16.6. The van der Waals surface area contributed by atoms with Gasteiger partial charge < -0.3 is 15.2 Å². The van der Waals surface area contributed by atoms with Crippen molar-refractivity contribution < 1.29 is 4.79 Å². The summed E-state index contributed by atoms with van der Waals surface area (Å²) < 4.78 is 1.87. The van der Waals surface area contributed by atoms with Crippen LogP contribution in [0, 0.1) is 0 Å². The molecule has 5 rings (SSSR count). The molecule has 1 saturated carbocycles. The lowest BCUT2D eigenvalue weighted by Gasteiger charge is -2.12. The highest BCUT2D eigenvalue weighted by Crippen LogP contribution is 2.39. The van der Waals surface area contributed by atoms with E-state index in [9.17, 15) is 4.79 Å². The monoisotopic (exact) mass is 412 g/mol. The van der Waals surface area contributed by atoms with Crippen LogP contribution in [-0.4, -0.2) is 35.4 Å². The lowest BCUT2D eigenvalue weighted by Crippen LogP contribution is -2.17. The van der Waals surface area contributed by atoms with Crippen molar-refractivity contribution in [2.75, 3.05) is 10.6 Å². The molecule has 0 atom stereocenters. The number of imidazole rings is 1. The second-order valence-corrected chi connectivity index (χ2v) is 7.37. The average Bonchev–Trinajstić information content (AvgIpc) is 3.56. The van der Waals surface area contributed by atoms with Crippen LogP contribution < -0.4 is 10.6 Å². The van der Waals surface area contributed by atoms with Crippen molar-refractivity contribution in [3.63, 3.8) is 0 Å². The quantitative estimate of drug-likeness (QED) is 0.479. The summed E-state index contributed by atoms with van der Waals surface area (Å²) in [6.45, 7) is 0.569. The van der Waals surface area contributed by atoms with E-state index in [2.05, 4.69) is 35.6 Å². The van der Waals surface area contributed by atoms with Crippen molar-refractivity contribution in [2.45, 2.75) is 25.3 Å². The Kier molecular flexibility index (Phi) is 5.05. The van der Waals surface area contributed by atoms with Gasteiger partial charge in [-0.1, -0.05) is 6.07 Å². The number of anilines is 3. The Morgan fingerprint density at radius 2 is 1.97 bits per heavy atom. The fourth-order valence-corrected chi connectivity index (χ4v) is 3.24. The van der Waals surface area contributed by atoms with E-state index >= 15 is 0 Å². The molecule has 0 aliphatic heterocycles. The Morgan fingerprint density at radius 1 is 1.10 bits per heavy atom. The van der Waals surface area contributed by atoms with Gasteiger partial charge in [0.15, 0.2) is 11.5 Å². The summed E-state index contributed by atoms with van der Waals surface area (Å²) in [6.07, 6.45) is 12.1. The number of nitrogens with one attached hydrogen (secondary N) is 2. The van der Waals surface area contributed by atoms with E-state index in [1.165, 1.54) is 6.33 Å². The minimum Gasteiger partial charge on any atom is -0.351 e. The second-order valence-electron chi connectivity index (χ2n) is 7.37. The first-order valence-corrected chi connectivity index (χ1v) is 10.0. The van der Waals surface area contributed by atoms with Crippen LogP contribution in [0.5, 0.6) is 0 Å². The SMILES string of the molecule is O=C(Nc1cn(Cc2ccccn2)cn1)c1nc(C2CC2)ccc1Nc1cncnc1. The smallest absolute Gasteiger partial charge is 0.277 e. The summed E-state index contributed by atoms with van der Waals surface area (Å²) in [5, 5.41) is 6.03. The molecule has 1 fully saturated rings. The van der Waals surface area contributed by atoms with Crippen molar-refractivity contribution in [1.29, 1.82) is 0 Å². The normalized spacial score (nSPS) is 13.0. The van der Waals surface area contributed by atoms with E-state index < -0.39 is 0 Å². The van der Waals surface area contributed by atoms with Gasteiger partial charge in [-0.25, -0.2) is 19.9 Å². The third kappa shape index (κ3) is 4.55. The Hall–Kier alpha value is -4.14. The van der Waals surface area contributed by atoms with Crippen molar-refractivity contribution in [1.82, 2.24) is 29.5 Å². The fourth-order valence-electron chi connectivity index (χ4n) is 3.24. The maximum atomic E-state index is 13.1. The molecule has 4 aromatic heterocycles. The molecule has 4 aromatic rings. The summed E-state index contributed by atoms with van der Waals surface area (Å²) in [5.41, 5.74) is 3.42. The predicted molar refractivity (Wildman–Crippen MR) is 115 cm³/mol. The van der Waals surface area contributed by atoms with Crippen molar-refractivity contribution in [3.05, 3.63) is 84.9 Å². The van der Waals surface area contributed by atoms with Crippen LogP contribution >= 0.6 is 0 Å². The highest BCUT2D eigenvalue weighted by Gasteiger charge is 2.27. The van der Waals surface area contributed by atoms with E-state index in [4.69, 9.17) is 0 Å². The van der Waals surface area contributed by atoms with Crippen LogP contribution in [0.2, 0.25) is 0 Å². The van der Waals surface area contributed by atoms with E-state index in [-0.39, 0.29) is 5.91 Å². The van der Waals surface area contributed by atoms with Crippen LogP contribution in [0.4, 0.5) is 17.2 Å². The summed E-state index contributed by atoms with van der Waals surface area (Å²) in [7, 11) is 0. The van der Waals surface area contributed by atoms with Crippen molar-refractivity contribution in [3.8, 4) is 0 Å². The van der Waals surface area contributed by atoms with Gasteiger partial charge in [0.25, 0.3) is 5.91 Å². The van der Waals surface area contributed by atoms with Crippen LogP contribution in [0.15, 0.2) is 67.8 Å². The van der Waals surface area contributed by atoms with Gasteiger partial charge in [0.05, 0.1) is 42.3 Å². The van der Waals surface area contributed by atoms with E-state index in [0.717, 1.165) is 24.2 Å². The summed E-state index contributed by atoms with van der Waals surface area (Å²) in [5.74, 6) is 0.553. The number of aromatic nitrogens is 6. The van der Waals surface area contributed by atoms with Gasteiger partial charge in [-0.2, -0.15) is 0 Å². The van der Waals surface area contributed by atoms with Gasteiger partial charge in [0.2, 0.25) is 0 Å². The van der Waals surface area contributed by atoms with E-state index in [1.807, 2.05) is 34.9 Å². The molecule has 1 amide bonds. The van der Waals surface area contributed by atoms with Gasteiger partial charge in [-0.15, -0.1) is 0 Å². The van der Waals surface area contributed by atoms with Gasteiger partial charge in [-0.05, 0) is 37.1 Å². The highest BCUT2D eigenvalue weighted by molar-refractivity contribution is 6.06. The number of carbonyl (C=O) groups is 1. The number of carbonyl (C=O) groups excluding carboxylic acids is 1. The first kappa shape index (κ1) is 18.9. The first-order valence-electron chi connectivity index (χ1n) is 10.0. The number of rotatable bonds is 7. The molecule has 9 nitrogen and oxygen atoms in total. The third-order valence-electron chi connectivity index (χ3n) is 4.91. The molecule has 2 N–H and O–H groups in total. The van der Waals surface area contributed by atoms with Crippen molar-refractivity contribution in [2.24, 2.45) is 0 Å². The van der Waals surface area contributed by atoms with Crippen LogP contribution in [-0.2, 0) is 6.54 Å². The van der Waals surface area contributed by atoms with Gasteiger partial charge in [0, 0.05) is 24.0 Å². The largest absolute Gasteiger partial charge is 0.351 e. The van der Waals surface area contributed by atoms with Gasteiger partial charge >= 0.3 is 0 Å². The fraction of sp³-hybridized carbons (Fsp3) is 0.182. The Labute approximate surface area is 178 Å². The first-order chi connectivity index (χ1) is 15.2. The second kappa shape index (κ2) is 8.31. The lowest BCUT2D eigenvalue weighted by molar-refractivity contribution is 0.102. The third-order valence-corrected chi connectivity index (χ3v) is 4.91. The Morgan fingerprint density at radius 3 is 2.74 bits per heavy atom. The summed E-state index contributed by atoms with van der Waals surface area (Å²) in [4.78, 5) is 34.3. The summed E-state index contributed by atoms with van der Waals surface area (Å²) in [6, 6.07) is 9.59. The number of pyridine rings is 2. The molecule has 0 radical (unpaired) electrons. The number of hydrogen-bond donors (Lipinski definition) is 2. The molecular weight excluding hydrogens is 392 g/mol. The molecule has 0 aromatic carbocycles. The molecule has 31 heavy (non-hydrogen) atoms. The van der Waals surface area contributed by atoms with Gasteiger partial charge in [0.1, 0.15) is 6.33 Å². The average molecular weight is 412 g/mol. The zero-order valence-electron chi connectivity index (χ0n) is 16.6. The molecule has 0 saturated heterocycles. The Balaban J connectivity index is 1.36. The minimum absolute atomic E-state index is 0.313. The molecule has 4 heterocycles. The molecule has 1 aliphatic rings. The lowest BCUT2D eigenvalue weighted by atomic mass is 10.2. The van der Waals surface area contributed by atoms with E-state index in [1.54, 1.807) is 31.1 Å². The minimum atomic E-state index is -0.329. The summed E-state index contributed by atoms with van der Waals surface area (Å²) >= 11 is 0.